The van der Waals surface area contributed by atoms with Gasteiger partial charge >= 0.3 is 6.09 Å². The van der Waals surface area contributed by atoms with E-state index in [1.807, 2.05) is 6.92 Å². The summed E-state index contributed by atoms with van der Waals surface area (Å²) >= 11 is 0. The Kier molecular flexibility index (Phi) is 5.67. The third-order valence-electron chi connectivity index (χ3n) is 10.9. The zero-order chi connectivity index (χ0) is 23.7. The lowest BCUT2D eigenvalue weighted by molar-refractivity contribution is -0.182. The average Bonchev–Trinajstić information content (AvgIpc) is 3.49. The first-order chi connectivity index (χ1) is 15.6. The number of carbonyl (C=O) groups is 3. The number of ketones is 1. The van der Waals surface area contributed by atoms with E-state index in [-0.39, 0.29) is 46.7 Å². The SMILES string of the molecule is C[C@@H]1CCC23CCC(=O)C2[C@]1(C)[C@H](OC(=O)NC(=O)[C@H]1CN2CC[C@@H]1C2)C[C@H](C)[C@@H](O)[C@@H]3C. The normalized spacial score (nSPS) is 50.9. The van der Waals surface area contributed by atoms with Crippen molar-refractivity contribution in [3.8, 4) is 0 Å². The molecule has 3 aliphatic carbocycles. The number of alkyl carbamates (subject to hydrolysis) is 1. The third-order valence-corrected chi connectivity index (χ3v) is 10.9. The van der Waals surface area contributed by atoms with Crippen molar-refractivity contribution in [2.75, 3.05) is 19.6 Å². The molecule has 0 aromatic rings. The Balaban J connectivity index is 1.40. The maximum atomic E-state index is 13.3. The number of fused-ring (bicyclic) bond motifs is 2. The summed E-state index contributed by atoms with van der Waals surface area (Å²) in [6.07, 6.45) is 2.96. The zero-order valence-electron chi connectivity index (χ0n) is 20.5. The summed E-state index contributed by atoms with van der Waals surface area (Å²) in [4.78, 5) is 41.4. The van der Waals surface area contributed by atoms with Gasteiger partial charge in [0.1, 0.15) is 11.9 Å². The Hall–Kier alpha value is -1.47. The summed E-state index contributed by atoms with van der Waals surface area (Å²) in [6, 6.07) is 0. The summed E-state index contributed by atoms with van der Waals surface area (Å²) in [5.74, 6) is 0.121. The molecule has 5 rings (SSSR count). The molecule has 184 valence electrons. The van der Waals surface area contributed by atoms with Crippen LogP contribution in [-0.4, -0.2) is 59.6 Å². The molecule has 2 amide bonds. The minimum absolute atomic E-state index is 0.0277. The Morgan fingerprint density at radius 1 is 1.15 bits per heavy atom. The van der Waals surface area contributed by atoms with Crippen molar-refractivity contribution in [1.82, 2.24) is 10.2 Å². The first-order valence-electron chi connectivity index (χ1n) is 13.0. The molecule has 5 aliphatic rings. The number of aliphatic hydroxyl groups is 1. The van der Waals surface area contributed by atoms with Crippen molar-refractivity contribution < 1.29 is 24.2 Å². The van der Waals surface area contributed by atoms with Crippen molar-refractivity contribution in [3.05, 3.63) is 0 Å². The van der Waals surface area contributed by atoms with Crippen LogP contribution in [0, 0.1) is 46.3 Å². The summed E-state index contributed by atoms with van der Waals surface area (Å²) in [5.41, 5.74) is -0.745. The van der Waals surface area contributed by atoms with Crippen LogP contribution in [0.1, 0.15) is 66.2 Å². The summed E-state index contributed by atoms with van der Waals surface area (Å²) in [5, 5.41) is 13.7. The molecule has 2 N–H and O–H groups in total. The lowest BCUT2D eigenvalue weighted by atomic mass is 9.45. The van der Waals surface area contributed by atoms with Crippen LogP contribution in [0.5, 0.6) is 0 Å². The molecule has 3 unspecified atom stereocenters. The van der Waals surface area contributed by atoms with Gasteiger partial charge in [-0.3, -0.25) is 14.9 Å². The molecular weight excluding hydrogens is 420 g/mol. The second kappa shape index (κ2) is 8.04. The van der Waals surface area contributed by atoms with Crippen LogP contribution < -0.4 is 5.32 Å². The van der Waals surface area contributed by atoms with Crippen LogP contribution in [0.15, 0.2) is 0 Å². The van der Waals surface area contributed by atoms with Crippen LogP contribution in [0.2, 0.25) is 0 Å². The van der Waals surface area contributed by atoms with Gasteiger partial charge in [-0.05, 0) is 67.7 Å². The standard InChI is InChI=1S/C26H40N2O5/c1-14-11-20(33-24(32)27-23(31)18-13-28-10-7-17(18)12-28)25(4)15(2)5-8-26(16(3)21(14)30)9-6-19(29)22(25)26/h14-18,20-22,30H,5-13H2,1-4H3,(H,27,31,32)/t14-,15+,16-,17+,18-,20+,21+,22?,25-,26?/m0/s1. The number of rotatable bonds is 2. The Bertz CT molecular complexity index is 847. The molecule has 0 spiro atoms. The van der Waals surface area contributed by atoms with Crippen molar-refractivity contribution in [3.63, 3.8) is 0 Å². The predicted octanol–water partition coefficient (Wildman–Crippen LogP) is 3.00. The number of ether oxygens (including phenoxy) is 1. The van der Waals surface area contributed by atoms with E-state index in [9.17, 15) is 19.5 Å². The predicted molar refractivity (Wildman–Crippen MR) is 122 cm³/mol. The fraction of sp³-hybridized carbons (Fsp3) is 0.885. The largest absolute Gasteiger partial charge is 0.445 e. The topological polar surface area (TPSA) is 95.9 Å². The molecule has 2 heterocycles. The van der Waals surface area contributed by atoms with Gasteiger partial charge < -0.3 is 14.7 Å². The second-order valence-corrected chi connectivity index (χ2v) is 12.2. The number of carbonyl (C=O) groups excluding carboxylic acids is 3. The van der Waals surface area contributed by atoms with Gasteiger partial charge in [-0.25, -0.2) is 4.79 Å². The smallest absolute Gasteiger partial charge is 0.414 e. The van der Waals surface area contributed by atoms with Crippen LogP contribution >= 0.6 is 0 Å². The lowest BCUT2D eigenvalue weighted by Crippen LogP contribution is -2.61. The molecule has 2 saturated heterocycles. The highest BCUT2D eigenvalue weighted by atomic mass is 16.6. The molecule has 4 bridgehead atoms. The quantitative estimate of drug-likeness (QED) is 0.658. The highest BCUT2D eigenvalue weighted by molar-refractivity contribution is 5.93. The van der Waals surface area contributed by atoms with Gasteiger partial charge in [0.2, 0.25) is 5.91 Å². The van der Waals surface area contributed by atoms with Crippen molar-refractivity contribution in [2.45, 2.75) is 78.4 Å². The maximum Gasteiger partial charge on any atom is 0.414 e. The van der Waals surface area contributed by atoms with Crippen LogP contribution in [0.25, 0.3) is 0 Å². The van der Waals surface area contributed by atoms with Gasteiger partial charge in [0.15, 0.2) is 0 Å². The fourth-order valence-corrected chi connectivity index (χ4v) is 8.68. The van der Waals surface area contributed by atoms with E-state index in [4.69, 9.17) is 4.74 Å². The van der Waals surface area contributed by atoms with Crippen LogP contribution in [0.3, 0.4) is 0 Å². The molecule has 7 nitrogen and oxygen atoms in total. The van der Waals surface area contributed by atoms with Gasteiger partial charge in [-0.1, -0.05) is 27.7 Å². The molecule has 11 atom stereocenters. The third kappa shape index (κ3) is 3.40. The van der Waals surface area contributed by atoms with E-state index in [0.717, 1.165) is 38.8 Å². The molecule has 3 saturated carbocycles. The van der Waals surface area contributed by atoms with Gasteiger partial charge in [-0.15, -0.1) is 0 Å². The van der Waals surface area contributed by atoms with Crippen LogP contribution in [-0.2, 0) is 14.3 Å². The highest BCUT2D eigenvalue weighted by Gasteiger charge is 2.67. The molecule has 33 heavy (non-hydrogen) atoms. The Morgan fingerprint density at radius 3 is 2.58 bits per heavy atom. The number of piperidine rings is 1. The number of amides is 2. The first kappa shape index (κ1) is 23.3. The Labute approximate surface area is 197 Å². The molecule has 0 aromatic carbocycles. The van der Waals surface area contributed by atoms with Crippen LogP contribution in [0.4, 0.5) is 4.79 Å². The molecular formula is C26H40N2O5. The summed E-state index contributed by atoms with van der Waals surface area (Å²) < 4.78 is 6.06. The number of nitrogens with zero attached hydrogens (tertiary/aromatic N) is 1. The average molecular weight is 461 g/mol. The fourth-order valence-electron chi connectivity index (χ4n) is 8.68. The number of hydrogen-bond donors (Lipinski definition) is 2. The second-order valence-electron chi connectivity index (χ2n) is 12.2. The van der Waals surface area contributed by atoms with E-state index >= 15 is 0 Å². The summed E-state index contributed by atoms with van der Waals surface area (Å²) in [6.45, 7) is 11.1. The number of Topliss-reactive ketones (excluding diaryl/α,β-unsaturated/α-hetero) is 1. The van der Waals surface area contributed by atoms with E-state index in [1.165, 1.54) is 0 Å². The molecule has 5 fully saturated rings. The van der Waals surface area contributed by atoms with Crippen molar-refractivity contribution in [1.29, 1.82) is 0 Å². The van der Waals surface area contributed by atoms with E-state index in [2.05, 4.69) is 31.0 Å². The lowest BCUT2D eigenvalue weighted by Gasteiger charge is -2.60. The molecule has 7 heteroatoms. The van der Waals surface area contributed by atoms with Gasteiger partial charge in [0.05, 0.1) is 12.0 Å². The number of aliphatic hydroxyl groups excluding tert-OH is 1. The maximum absolute atomic E-state index is 13.3. The van der Waals surface area contributed by atoms with E-state index in [1.54, 1.807) is 0 Å². The minimum Gasteiger partial charge on any atom is -0.445 e. The van der Waals surface area contributed by atoms with Crippen molar-refractivity contribution >= 4 is 17.8 Å². The van der Waals surface area contributed by atoms with Gasteiger partial charge in [0.25, 0.3) is 0 Å². The Morgan fingerprint density at radius 2 is 1.91 bits per heavy atom. The van der Waals surface area contributed by atoms with Crippen molar-refractivity contribution in [2.24, 2.45) is 46.3 Å². The summed E-state index contributed by atoms with van der Waals surface area (Å²) in [7, 11) is 0. The molecule has 0 radical (unpaired) electrons. The molecule has 0 aromatic heterocycles. The number of nitrogens with one attached hydrogen (secondary N) is 1. The molecule has 2 aliphatic heterocycles. The number of hydrogen-bond acceptors (Lipinski definition) is 6. The first-order valence-corrected chi connectivity index (χ1v) is 13.0. The highest BCUT2D eigenvalue weighted by Crippen LogP contribution is 2.66. The number of imide groups is 1. The van der Waals surface area contributed by atoms with Gasteiger partial charge in [0, 0.05) is 30.8 Å². The minimum atomic E-state index is -0.701. The van der Waals surface area contributed by atoms with E-state index in [0.29, 0.717) is 25.3 Å². The van der Waals surface area contributed by atoms with E-state index < -0.39 is 23.7 Å². The van der Waals surface area contributed by atoms with Gasteiger partial charge in [-0.2, -0.15) is 0 Å². The zero-order valence-corrected chi connectivity index (χ0v) is 20.5. The monoisotopic (exact) mass is 460 g/mol.